The lowest BCUT2D eigenvalue weighted by molar-refractivity contribution is 0.359. The molecule has 1 aromatic carbocycles. The zero-order valence-electron chi connectivity index (χ0n) is 11.4. The topological polar surface area (TPSA) is 35.0 Å². The molecule has 3 nitrogen and oxygen atoms in total. The third kappa shape index (κ3) is 4.46. The van der Waals surface area contributed by atoms with Crippen molar-refractivity contribution in [2.24, 2.45) is 0 Å². The van der Waals surface area contributed by atoms with Crippen LogP contribution in [0.15, 0.2) is 53.3 Å². The molecule has 2 aromatic rings. The maximum absolute atomic E-state index is 5.54. The molecule has 0 amide bonds. The van der Waals surface area contributed by atoms with Crippen molar-refractivity contribution in [3.05, 3.63) is 53.3 Å². The summed E-state index contributed by atoms with van der Waals surface area (Å²) in [4.78, 5) is 8.64. The Morgan fingerprint density at radius 1 is 1.10 bits per heavy atom. The van der Waals surface area contributed by atoms with Crippen molar-refractivity contribution in [1.29, 1.82) is 0 Å². The Labute approximate surface area is 127 Å². The van der Waals surface area contributed by atoms with E-state index in [9.17, 15) is 0 Å². The van der Waals surface area contributed by atoms with Crippen LogP contribution in [0.5, 0.6) is 5.75 Å². The fourth-order valence-corrected chi connectivity index (χ4v) is 1.90. The van der Waals surface area contributed by atoms with Gasteiger partial charge in [-0.2, -0.15) is 0 Å². The number of hydrogen-bond acceptors (Lipinski definition) is 3. The van der Waals surface area contributed by atoms with Crippen molar-refractivity contribution in [2.45, 2.75) is 19.8 Å². The minimum absolute atomic E-state index is 0.557. The maximum Gasteiger partial charge on any atom is 0.159 e. The first-order valence-electron chi connectivity index (χ1n) is 6.65. The molecule has 0 saturated carbocycles. The maximum atomic E-state index is 5.54. The van der Waals surface area contributed by atoms with Gasteiger partial charge in [0.15, 0.2) is 11.6 Å². The summed E-state index contributed by atoms with van der Waals surface area (Å²) in [5, 5.41) is 0. The molecular weight excluding hydrogens is 316 g/mol. The summed E-state index contributed by atoms with van der Waals surface area (Å²) < 4.78 is 6.58. The molecule has 2 rings (SSSR count). The second-order valence-electron chi connectivity index (χ2n) is 4.32. The van der Waals surface area contributed by atoms with Crippen LogP contribution in [0.3, 0.4) is 0 Å². The number of aromatic nitrogens is 2. The fourth-order valence-electron chi connectivity index (χ4n) is 1.64. The van der Waals surface area contributed by atoms with Crippen LogP contribution in [-0.2, 0) is 0 Å². The van der Waals surface area contributed by atoms with Crippen molar-refractivity contribution in [1.82, 2.24) is 9.97 Å². The summed E-state index contributed by atoms with van der Waals surface area (Å²) in [6, 6.07) is 7.91. The van der Waals surface area contributed by atoms with Gasteiger partial charge in [-0.1, -0.05) is 53.6 Å². The summed E-state index contributed by atoms with van der Waals surface area (Å²) >= 11 is 3.41. The Hall–Kier alpha value is -1.68. The zero-order valence-corrected chi connectivity index (χ0v) is 13.0. The Bertz CT molecular complexity index is 550. The lowest BCUT2D eigenvalue weighted by Crippen LogP contribution is -1.96. The van der Waals surface area contributed by atoms with E-state index in [1.54, 1.807) is 12.4 Å². The quantitative estimate of drug-likeness (QED) is 0.722. The predicted octanol–water partition coefficient (Wildman–Crippen LogP) is 4.64. The molecule has 0 aliphatic carbocycles. The Balaban J connectivity index is 1.94. The molecule has 1 heterocycles. The Kier molecular flexibility index (Phi) is 5.74. The van der Waals surface area contributed by atoms with Crippen molar-refractivity contribution < 1.29 is 4.74 Å². The highest BCUT2D eigenvalue weighted by Crippen LogP contribution is 2.19. The van der Waals surface area contributed by atoms with Gasteiger partial charge in [0, 0.05) is 10.0 Å². The second kappa shape index (κ2) is 7.80. The van der Waals surface area contributed by atoms with Gasteiger partial charge in [-0.3, -0.25) is 0 Å². The standard InChI is InChI=1S/C16H17BrN2O/c1-2-3-4-5-10-20-15-11-18-16(19-12-15)13-6-8-14(17)9-7-13/h4-9,11-12H,2-3,10H2,1H3/b5-4+. The number of nitrogens with zero attached hydrogens (tertiary/aromatic N) is 2. The minimum atomic E-state index is 0.557. The van der Waals surface area contributed by atoms with E-state index >= 15 is 0 Å². The van der Waals surface area contributed by atoms with Crippen LogP contribution in [-0.4, -0.2) is 16.6 Å². The lowest BCUT2D eigenvalue weighted by atomic mass is 10.2. The van der Waals surface area contributed by atoms with E-state index in [0.717, 1.165) is 22.9 Å². The number of rotatable bonds is 6. The number of unbranched alkanes of at least 4 members (excludes halogenated alkanes) is 1. The molecule has 104 valence electrons. The van der Waals surface area contributed by atoms with Gasteiger partial charge in [0.25, 0.3) is 0 Å². The van der Waals surface area contributed by atoms with Crippen LogP contribution in [0.25, 0.3) is 11.4 Å². The van der Waals surface area contributed by atoms with Gasteiger partial charge in [-0.05, 0) is 18.6 Å². The zero-order chi connectivity index (χ0) is 14.2. The third-order valence-electron chi connectivity index (χ3n) is 2.70. The average molecular weight is 333 g/mol. The molecule has 0 fully saturated rings. The normalized spacial score (nSPS) is 10.9. The first kappa shape index (κ1) is 14.7. The van der Waals surface area contributed by atoms with E-state index < -0.39 is 0 Å². The van der Waals surface area contributed by atoms with Gasteiger partial charge in [0.05, 0.1) is 12.4 Å². The van der Waals surface area contributed by atoms with Crippen LogP contribution in [0, 0.1) is 0 Å². The van der Waals surface area contributed by atoms with Gasteiger partial charge < -0.3 is 4.74 Å². The molecule has 0 aliphatic rings. The highest BCUT2D eigenvalue weighted by atomic mass is 79.9. The SMILES string of the molecule is CCC/C=C/COc1cnc(-c2ccc(Br)cc2)nc1. The van der Waals surface area contributed by atoms with Crippen molar-refractivity contribution >= 4 is 15.9 Å². The highest BCUT2D eigenvalue weighted by molar-refractivity contribution is 9.10. The van der Waals surface area contributed by atoms with Crippen LogP contribution in [0.1, 0.15) is 19.8 Å². The number of benzene rings is 1. The van der Waals surface area contributed by atoms with Gasteiger partial charge in [0.2, 0.25) is 0 Å². The van der Waals surface area contributed by atoms with Crippen LogP contribution < -0.4 is 4.74 Å². The molecule has 0 bridgehead atoms. The van der Waals surface area contributed by atoms with Crippen molar-refractivity contribution in [3.8, 4) is 17.1 Å². The molecule has 0 N–H and O–H groups in total. The molecule has 0 radical (unpaired) electrons. The predicted molar refractivity (Wildman–Crippen MR) is 84.7 cm³/mol. The van der Waals surface area contributed by atoms with Gasteiger partial charge in [-0.15, -0.1) is 0 Å². The summed E-state index contributed by atoms with van der Waals surface area (Å²) in [6.07, 6.45) is 9.79. The molecule has 0 unspecified atom stereocenters. The smallest absolute Gasteiger partial charge is 0.159 e. The molecular formula is C16H17BrN2O. The molecule has 20 heavy (non-hydrogen) atoms. The molecule has 1 aromatic heterocycles. The van der Waals surface area contributed by atoms with Crippen molar-refractivity contribution in [2.75, 3.05) is 6.61 Å². The largest absolute Gasteiger partial charge is 0.486 e. The Morgan fingerprint density at radius 3 is 2.45 bits per heavy atom. The van der Waals surface area contributed by atoms with Gasteiger partial charge in [0.1, 0.15) is 6.61 Å². The molecule has 0 spiro atoms. The van der Waals surface area contributed by atoms with E-state index in [1.165, 1.54) is 0 Å². The summed E-state index contributed by atoms with van der Waals surface area (Å²) in [7, 11) is 0. The minimum Gasteiger partial charge on any atom is -0.486 e. The van der Waals surface area contributed by atoms with E-state index in [0.29, 0.717) is 18.2 Å². The average Bonchev–Trinajstić information content (AvgIpc) is 2.49. The summed E-state index contributed by atoms with van der Waals surface area (Å²) in [5.74, 6) is 1.39. The number of hydrogen-bond donors (Lipinski definition) is 0. The summed E-state index contributed by atoms with van der Waals surface area (Å²) in [5.41, 5.74) is 0.989. The molecule has 0 saturated heterocycles. The monoisotopic (exact) mass is 332 g/mol. The Morgan fingerprint density at radius 2 is 1.80 bits per heavy atom. The third-order valence-corrected chi connectivity index (χ3v) is 3.23. The van der Waals surface area contributed by atoms with Gasteiger partial charge in [-0.25, -0.2) is 9.97 Å². The first-order chi connectivity index (χ1) is 9.79. The molecule has 4 heteroatoms. The molecule has 0 aliphatic heterocycles. The van der Waals surface area contributed by atoms with E-state index in [2.05, 4.69) is 38.9 Å². The highest BCUT2D eigenvalue weighted by Gasteiger charge is 2.01. The fraction of sp³-hybridized carbons (Fsp3) is 0.250. The van der Waals surface area contributed by atoms with Crippen LogP contribution >= 0.6 is 15.9 Å². The number of ether oxygens (including phenoxy) is 1. The number of halogens is 1. The van der Waals surface area contributed by atoms with Crippen LogP contribution in [0.2, 0.25) is 0 Å². The first-order valence-corrected chi connectivity index (χ1v) is 7.44. The molecule has 0 atom stereocenters. The van der Waals surface area contributed by atoms with E-state index in [4.69, 9.17) is 4.74 Å². The second-order valence-corrected chi connectivity index (χ2v) is 5.24. The summed E-state index contributed by atoms with van der Waals surface area (Å²) in [6.45, 7) is 2.71. The van der Waals surface area contributed by atoms with Crippen LogP contribution in [0.4, 0.5) is 0 Å². The van der Waals surface area contributed by atoms with Gasteiger partial charge >= 0.3 is 0 Å². The number of allylic oxidation sites excluding steroid dienone is 1. The van der Waals surface area contributed by atoms with E-state index in [1.807, 2.05) is 30.3 Å². The van der Waals surface area contributed by atoms with Crippen molar-refractivity contribution in [3.63, 3.8) is 0 Å². The van der Waals surface area contributed by atoms with E-state index in [-0.39, 0.29) is 0 Å². The lowest BCUT2D eigenvalue weighted by Gasteiger charge is -2.04.